The first-order valence-corrected chi connectivity index (χ1v) is 15.2. The number of benzene rings is 1. The molecule has 2 aliphatic rings. The number of halogens is 1. The standard InChI is InChI=1S/C33H35FN8O3/c1-40-30-26(10-21(12-28(30)45-2)33(44)41-16-22(34)13-23(35)17-41)39-32(40)27-11-20-6-8-25(38-31(20)42(27)15-18-3-4-18)24-7-5-19(14-37-24)9-29(36)43/h5-8,10-12,14,18,22-23H,3-4,9,13,15-17,35H2,1-2H3,(H2,36,43)/t22-,23-/m1/s1. The van der Waals surface area contributed by atoms with E-state index in [9.17, 15) is 14.0 Å². The normalized spacial score (nSPS) is 18.5. The van der Waals surface area contributed by atoms with Crippen molar-refractivity contribution in [1.29, 1.82) is 0 Å². The Balaban J connectivity index is 1.30. The first kappa shape index (κ1) is 28.9. The molecule has 4 aromatic heterocycles. The summed E-state index contributed by atoms with van der Waals surface area (Å²) in [5.74, 6) is 1.08. The Hall–Kier alpha value is -4.84. The largest absolute Gasteiger partial charge is 0.494 e. The Kier molecular flexibility index (Phi) is 7.23. The van der Waals surface area contributed by atoms with Crippen molar-refractivity contribution in [3.8, 4) is 28.7 Å². The molecule has 45 heavy (non-hydrogen) atoms. The first-order chi connectivity index (χ1) is 21.7. The lowest BCUT2D eigenvalue weighted by molar-refractivity contribution is -0.117. The van der Waals surface area contributed by atoms with Crippen LogP contribution in [0.15, 0.2) is 48.7 Å². The molecular formula is C33H35FN8O3. The number of ether oxygens (including phenoxy) is 1. The van der Waals surface area contributed by atoms with E-state index in [1.807, 2.05) is 35.9 Å². The van der Waals surface area contributed by atoms with Crippen molar-refractivity contribution in [2.45, 2.75) is 44.4 Å². The molecule has 2 amide bonds. The van der Waals surface area contributed by atoms with Gasteiger partial charge in [0.1, 0.15) is 23.1 Å². The van der Waals surface area contributed by atoms with E-state index in [4.69, 9.17) is 26.2 Å². The Morgan fingerprint density at radius 3 is 2.56 bits per heavy atom. The van der Waals surface area contributed by atoms with Gasteiger partial charge >= 0.3 is 0 Å². The van der Waals surface area contributed by atoms with Gasteiger partial charge < -0.3 is 30.2 Å². The van der Waals surface area contributed by atoms with Crippen molar-refractivity contribution in [2.75, 3.05) is 20.2 Å². The molecule has 11 nitrogen and oxygen atoms in total. The van der Waals surface area contributed by atoms with Crippen LogP contribution in [0, 0.1) is 5.92 Å². The molecule has 0 spiro atoms. The molecule has 1 aliphatic heterocycles. The zero-order valence-corrected chi connectivity index (χ0v) is 25.2. The Labute approximate surface area is 259 Å². The van der Waals surface area contributed by atoms with Crippen LogP contribution in [-0.2, 0) is 24.8 Å². The highest BCUT2D eigenvalue weighted by molar-refractivity contribution is 6.00. The average molecular weight is 611 g/mol. The lowest BCUT2D eigenvalue weighted by Gasteiger charge is -2.33. The van der Waals surface area contributed by atoms with Crippen LogP contribution in [0.4, 0.5) is 4.39 Å². The molecule has 12 heteroatoms. The van der Waals surface area contributed by atoms with Gasteiger partial charge in [0.15, 0.2) is 5.82 Å². The number of carbonyl (C=O) groups is 2. The van der Waals surface area contributed by atoms with Crippen LogP contribution in [0.25, 0.3) is 45.0 Å². The van der Waals surface area contributed by atoms with E-state index in [0.717, 1.165) is 52.9 Å². The summed E-state index contributed by atoms with van der Waals surface area (Å²) in [6.07, 6.45) is 3.20. The third-order valence-electron chi connectivity index (χ3n) is 8.70. The number of hydrogen-bond acceptors (Lipinski definition) is 7. The van der Waals surface area contributed by atoms with E-state index in [1.165, 1.54) is 4.90 Å². The molecule has 5 aromatic rings. The molecule has 7 rings (SSSR count). The maximum atomic E-state index is 14.3. The van der Waals surface area contributed by atoms with Gasteiger partial charge in [0, 0.05) is 43.3 Å². The number of piperidine rings is 1. The fourth-order valence-electron chi connectivity index (χ4n) is 6.32. The van der Waals surface area contributed by atoms with Crippen LogP contribution in [0.5, 0.6) is 5.75 Å². The molecule has 0 radical (unpaired) electrons. The SMILES string of the molecule is COc1cc(C(=O)N2C[C@H](N)C[C@@H](F)C2)cc2nc(-c3cc4ccc(-c5ccc(CC(N)=O)cn5)nc4n3CC3CC3)n(C)c12. The van der Waals surface area contributed by atoms with Gasteiger partial charge in [0.2, 0.25) is 5.91 Å². The highest BCUT2D eigenvalue weighted by Gasteiger charge is 2.30. The van der Waals surface area contributed by atoms with Gasteiger partial charge in [0.05, 0.1) is 42.7 Å². The molecule has 2 atom stereocenters. The molecule has 2 fully saturated rings. The van der Waals surface area contributed by atoms with Gasteiger partial charge in [0.25, 0.3) is 5.91 Å². The van der Waals surface area contributed by atoms with E-state index in [1.54, 1.807) is 25.4 Å². The fourth-order valence-corrected chi connectivity index (χ4v) is 6.32. The number of nitrogens with two attached hydrogens (primary N) is 2. The van der Waals surface area contributed by atoms with Gasteiger partial charge in [-0.1, -0.05) is 6.07 Å². The van der Waals surface area contributed by atoms with Gasteiger partial charge in [-0.25, -0.2) is 14.4 Å². The number of methoxy groups -OCH3 is 1. The minimum atomic E-state index is -1.15. The third-order valence-corrected chi connectivity index (χ3v) is 8.70. The maximum Gasteiger partial charge on any atom is 0.254 e. The second-order valence-corrected chi connectivity index (χ2v) is 12.2. The van der Waals surface area contributed by atoms with E-state index in [2.05, 4.69) is 15.6 Å². The summed E-state index contributed by atoms with van der Waals surface area (Å²) in [5.41, 5.74) is 17.0. The fraction of sp³-hybridized carbons (Fsp3) is 0.364. The Morgan fingerprint density at radius 1 is 1.07 bits per heavy atom. The van der Waals surface area contributed by atoms with Crippen molar-refractivity contribution in [3.05, 3.63) is 59.8 Å². The van der Waals surface area contributed by atoms with Gasteiger partial charge in [-0.15, -0.1) is 0 Å². The van der Waals surface area contributed by atoms with Crippen molar-refractivity contribution in [2.24, 2.45) is 24.4 Å². The van der Waals surface area contributed by atoms with E-state index in [0.29, 0.717) is 40.8 Å². The zero-order chi connectivity index (χ0) is 31.4. The number of likely N-dealkylation sites (tertiary alicyclic amines) is 1. The second-order valence-electron chi connectivity index (χ2n) is 12.2. The lowest BCUT2D eigenvalue weighted by atomic mass is 10.0. The highest BCUT2D eigenvalue weighted by atomic mass is 19.1. The first-order valence-electron chi connectivity index (χ1n) is 15.2. The van der Waals surface area contributed by atoms with Crippen molar-refractivity contribution >= 4 is 33.9 Å². The van der Waals surface area contributed by atoms with Crippen LogP contribution >= 0.6 is 0 Å². The van der Waals surface area contributed by atoms with Crippen LogP contribution in [0.3, 0.4) is 0 Å². The number of amides is 2. The number of carbonyl (C=O) groups excluding carboxylic acids is 2. The van der Waals surface area contributed by atoms with Crippen LogP contribution in [0.1, 0.15) is 35.2 Å². The second kappa shape index (κ2) is 11.3. The lowest BCUT2D eigenvalue weighted by Crippen LogP contribution is -2.50. The summed E-state index contributed by atoms with van der Waals surface area (Å²) in [7, 11) is 3.50. The number of pyridine rings is 2. The number of rotatable bonds is 8. The molecule has 1 aliphatic carbocycles. The molecule has 0 bridgehead atoms. The molecule has 1 saturated heterocycles. The molecule has 5 heterocycles. The van der Waals surface area contributed by atoms with Gasteiger partial charge in [-0.3, -0.25) is 14.6 Å². The number of aromatic nitrogens is 5. The Morgan fingerprint density at radius 2 is 1.87 bits per heavy atom. The molecule has 1 saturated carbocycles. The minimum absolute atomic E-state index is 0.0175. The number of primary amides is 1. The van der Waals surface area contributed by atoms with Gasteiger partial charge in [-0.05, 0) is 67.1 Å². The number of hydrogen-bond donors (Lipinski definition) is 2. The van der Waals surface area contributed by atoms with E-state index < -0.39 is 18.1 Å². The summed E-state index contributed by atoms with van der Waals surface area (Å²) in [6.45, 7) is 1.12. The molecule has 4 N–H and O–H groups in total. The summed E-state index contributed by atoms with van der Waals surface area (Å²) >= 11 is 0. The molecule has 0 unspecified atom stereocenters. The minimum Gasteiger partial charge on any atom is -0.494 e. The molecular weight excluding hydrogens is 575 g/mol. The maximum absolute atomic E-state index is 14.3. The smallest absolute Gasteiger partial charge is 0.254 e. The summed E-state index contributed by atoms with van der Waals surface area (Å²) in [6, 6.07) is 12.8. The number of alkyl halides is 1. The summed E-state index contributed by atoms with van der Waals surface area (Å²) < 4.78 is 24.2. The Bertz CT molecular complexity index is 1940. The number of imidazole rings is 1. The average Bonchev–Trinajstić information content (AvgIpc) is 3.69. The van der Waals surface area contributed by atoms with Crippen LogP contribution < -0.4 is 16.2 Å². The molecule has 232 valence electrons. The van der Waals surface area contributed by atoms with Crippen molar-refractivity contribution in [1.82, 2.24) is 29.0 Å². The molecule has 1 aromatic carbocycles. The van der Waals surface area contributed by atoms with E-state index in [-0.39, 0.29) is 25.3 Å². The van der Waals surface area contributed by atoms with Crippen molar-refractivity contribution in [3.63, 3.8) is 0 Å². The summed E-state index contributed by atoms with van der Waals surface area (Å²) in [4.78, 5) is 40.8. The zero-order valence-electron chi connectivity index (χ0n) is 25.2. The predicted molar refractivity (Wildman–Crippen MR) is 168 cm³/mol. The highest BCUT2D eigenvalue weighted by Crippen LogP contribution is 2.38. The third kappa shape index (κ3) is 5.50. The summed E-state index contributed by atoms with van der Waals surface area (Å²) in [5, 5.41) is 0.969. The number of nitrogens with zero attached hydrogens (tertiary/aromatic N) is 6. The number of aryl methyl sites for hydroxylation is 1. The van der Waals surface area contributed by atoms with Crippen molar-refractivity contribution < 1.29 is 18.7 Å². The predicted octanol–water partition coefficient (Wildman–Crippen LogP) is 3.61. The van der Waals surface area contributed by atoms with Crippen LogP contribution in [0.2, 0.25) is 0 Å². The number of fused-ring (bicyclic) bond motifs is 2. The van der Waals surface area contributed by atoms with Crippen LogP contribution in [-0.4, -0.2) is 73.2 Å². The quantitative estimate of drug-likeness (QED) is 0.273. The van der Waals surface area contributed by atoms with Gasteiger partial charge in [-0.2, -0.15) is 0 Å². The monoisotopic (exact) mass is 610 g/mol. The topological polar surface area (TPSA) is 147 Å². The van der Waals surface area contributed by atoms with E-state index >= 15 is 0 Å².